The minimum Gasteiger partial charge on any atom is -0.497 e. The SMILES string of the molecule is COc1ccc(OC)c(-c2nc(CN3CCOC(CN)C3)c(C)o2)c1. The van der Waals surface area contributed by atoms with E-state index in [1.165, 1.54) is 0 Å². The van der Waals surface area contributed by atoms with Crippen LogP contribution < -0.4 is 15.2 Å². The van der Waals surface area contributed by atoms with Crippen molar-refractivity contribution < 1.29 is 18.6 Å². The Balaban J connectivity index is 1.83. The molecule has 7 heteroatoms. The molecule has 136 valence electrons. The molecule has 3 rings (SSSR count). The summed E-state index contributed by atoms with van der Waals surface area (Å²) in [5.74, 6) is 2.76. The molecule has 0 saturated carbocycles. The first kappa shape index (κ1) is 17.7. The van der Waals surface area contributed by atoms with Gasteiger partial charge in [-0.2, -0.15) is 0 Å². The second-order valence-electron chi connectivity index (χ2n) is 6.05. The molecule has 0 spiro atoms. The summed E-state index contributed by atoms with van der Waals surface area (Å²) >= 11 is 0. The van der Waals surface area contributed by atoms with Crippen LogP contribution >= 0.6 is 0 Å². The number of oxazole rings is 1. The molecule has 1 atom stereocenters. The van der Waals surface area contributed by atoms with Gasteiger partial charge in [0.1, 0.15) is 17.3 Å². The molecule has 1 aromatic heterocycles. The number of nitrogens with two attached hydrogens (primary N) is 1. The minimum atomic E-state index is 0.0823. The van der Waals surface area contributed by atoms with E-state index in [0.717, 1.165) is 35.9 Å². The van der Waals surface area contributed by atoms with Gasteiger partial charge < -0.3 is 24.4 Å². The van der Waals surface area contributed by atoms with E-state index in [1.807, 2.05) is 25.1 Å². The maximum atomic E-state index is 5.91. The maximum Gasteiger partial charge on any atom is 0.230 e. The fourth-order valence-corrected chi connectivity index (χ4v) is 2.95. The van der Waals surface area contributed by atoms with Crippen molar-refractivity contribution in [2.75, 3.05) is 40.5 Å². The summed E-state index contributed by atoms with van der Waals surface area (Å²) < 4.78 is 22.3. The molecular formula is C18H25N3O4. The van der Waals surface area contributed by atoms with Gasteiger partial charge in [0.15, 0.2) is 0 Å². The van der Waals surface area contributed by atoms with Crippen LogP contribution in [0.4, 0.5) is 0 Å². The molecular weight excluding hydrogens is 322 g/mol. The van der Waals surface area contributed by atoms with Crippen LogP contribution in [0.25, 0.3) is 11.5 Å². The quantitative estimate of drug-likeness (QED) is 0.853. The van der Waals surface area contributed by atoms with Gasteiger partial charge >= 0.3 is 0 Å². The molecule has 1 aromatic carbocycles. The van der Waals surface area contributed by atoms with E-state index in [4.69, 9.17) is 29.3 Å². The second kappa shape index (κ2) is 7.86. The first-order valence-corrected chi connectivity index (χ1v) is 8.37. The number of hydrogen-bond donors (Lipinski definition) is 1. The Morgan fingerprint density at radius 2 is 2.16 bits per heavy atom. The normalized spacial score (nSPS) is 18.3. The zero-order valence-corrected chi connectivity index (χ0v) is 14.9. The van der Waals surface area contributed by atoms with E-state index in [9.17, 15) is 0 Å². The van der Waals surface area contributed by atoms with E-state index in [1.54, 1.807) is 14.2 Å². The molecule has 1 aliphatic rings. The van der Waals surface area contributed by atoms with Gasteiger partial charge in [-0.05, 0) is 25.1 Å². The Kier molecular flexibility index (Phi) is 5.57. The number of aryl methyl sites for hydroxylation is 1. The lowest BCUT2D eigenvalue weighted by Crippen LogP contribution is -2.45. The summed E-state index contributed by atoms with van der Waals surface area (Å²) in [7, 11) is 3.26. The first-order chi connectivity index (χ1) is 12.1. The number of morpholine rings is 1. The molecule has 1 fully saturated rings. The van der Waals surface area contributed by atoms with Crippen LogP contribution in [0.5, 0.6) is 11.5 Å². The van der Waals surface area contributed by atoms with E-state index in [2.05, 4.69) is 4.90 Å². The van der Waals surface area contributed by atoms with Crippen LogP contribution in [-0.2, 0) is 11.3 Å². The lowest BCUT2D eigenvalue weighted by atomic mass is 10.2. The predicted molar refractivity (Wildman–Crippen MR) is 93.9 cm³/mol. The van der Waals surface area contributed by atoms with Crippen molar-refractivity contribution in [2.45, 2.75) is 19.6 Å². The van der Waals surface area contributed by atoms with E-state index < -0.39 is 0 Å². The number of nitrogens with zero attached hydrogens (tertiary/aromatic N) is 2. The van der Waals surface area contributed by atoms with Crippen LogP contribution in [0.2, 0.25) is 0 Å². The fourth-order valence-electron chi connectivity index (χ4n) is 2.95. The van der Waals surface area contributed by atoms with Gasteiger partial charge in [0.05, 0.1) is 38.2 Å². The number of hydrogen-bond acceptors (Lipinski definition) is 7. The van der Waals surface area contributed by atoms with Crippen LogP contribution in [0, 0.1) is 6.92 Å². The Morgan fingerprint density at radius 1 is 1.32 bits per heavy atom. The molecule has 2 aromatic rings. The monoisotopic (exact) mass is 347 g/mol. The largest absolute Gasteiger partial charge is 0.497 e. The number of aromatic nitrogens is 1. The van der Waals surface area contributed by atoms with Gasteiger partial charge in [-0.25, -0.2) is 4.98 Å². The smallest absolute Gasteiger partial charge is 0.230 e. The van der Waals surface area contributed by atoms with Gasteiger partial charge in [-0.1, -0.05) is 0 Å². The summed E-state index contributed by atoms with van der Waals surface area (Å²) in [6, 6.07) is 5.56. The lowest BCUT2D eigenvalue weighted by Gasteiger charge is -2.31. The molecule has 0 aliphatic carbocycles. The Morgan fingerprint density at radius 3 is 2.88 bits per heavy atom. The maximum absolute atomic E-state index is 5.91. The zero-order chi connectivity index (χ0) is 17.8. The highest BCUT2D eigenvalue weighted by molar-refractivity contribution is 5.65. The highest BCUT2D eigenvalue weighted by Crippen LogP contribution is 2.34. The summed E-state index contributed by atoms with van der Waals surface area (Å²) in [6.07, 6.45) is 0.0823. The van der Waals surface area contributed by atoms with Gasteiger partial charge in [-0.3, -0.25) is 4.90 Å². The summed E-state index contributed by atoms with van der Waals surface area (Å²) in [5.41, 5.74) is 7.41. The molecule has 25 heavy (non-hydrogen) atoms. The van der Waals surface area contributed by atoms with Crippen LogP contribution in [0.3, 0.4) is 0 Å². The molecule has 0 bridgehead atoms. The van der Waals surface area contributed by atoms with Crippen LogP contribution in [-0.4, -0.2) is 56.4 Å². The van der Waals surface area contributed by atoms with Gasteiger partial charge in [0.25, 0.3) is 0 Å². The van der Waals surface area contributed by atoms with Crippen LogP contribution in [0.1, 0.15) is 11.5 Å². The highest BCUT2D eigenvalue weighted by Gasteiger charge is 2.22. The fraction of sp³-hybridized carbons (Fsp3) is 0.500. The summed E-state index contributed by atoms with van der Waals surface area (Å²) in [6.45, 7) is 5.53. The van der Waals surface area contributed by atoms with Gasteiger partial charge in [-0.15, -0.1) is 0 Å². The van der Waals surface area contributed by atoms with E-state index in [-0.39, 0.29) is 6.10 Å². The molecule has 1 saturated heterocycles. The molecule has 7 nitrogen and oxygen atoms in total. The Bertz CT molecular complexity index is 716. The number of benzene rings is 1. The number of ether oxygens (including phenoxy) is 3. The highest BCUT2D eigenvalue weighted by atomic mass is 16.5. The van der Waals surface area contributed by atoms with Crippen molar-refractivity contribution in [3.05, 3.63) is 29.7 Å². The number of rotatable bonds is 6. The van der Waals surface area contributed by atoms with Crippen molar-refractivity contribution in [3.63, 3.8) is 0 Å². The summed E-state index contributed by atoms with van der Waals surface area (Å²) in [5, 5.41) is 0. The first-order valence-electron chi connectivity index (χ1n) is 8.37. The third-order valence-electron chi connectivity index (χ3n) is 4.39. The topological polar surface area (TPSA) is 83.0 Å². The predicted octanol–water partition coefficient (Wildman–Crippen LogP) is 1.83. The van der Waals surface area contributed by atoms with E-state index >= 15 is 0 Å². The van der Waals surface area contributed by atoms with Crippen molar-refractivity contribution >= 4 is 0 Å². The van der Waals surface area contributed by atoms with Gasteiger partial charge in [0, 0.05) is 26.2 Å². The molecule has 2 heterocycles. The molecule has 1 unspecified atom stereocenters. The third kappa shape index (κ3) is 3.95. The average molecular weight is 347 g/mol. The zero-order valence-electron chi connectivity index (χ0n) is 14.9. The van der Waals surface area contributed by atoms with Crippen molar-refractivity contribution in [1.82, 2.24) is 9.88 Å². The Hall–Kier alpha value is -2.09. The molecule has 0 amide bonds. The Labute approximate surface area is 147 Å². The second-order valence-corrected chi connectivity index (χ2v) is 6.05. The molecule has 2 N–H and O–H groups in total. The van der Waals surface area contributed by atoms with E-state index in [0.29, 0.717) is 31.3 Å². The molecule has 0 radical (unpaired) electrons. The summed E-state index contributed by atoms with van der Waals surface area (Å²) in [4.78, 5) is 6.98. The lowest BCUT2D eigenvalue weighted by molar-refractivity contribution is -0.0264. The number of methoxy groups -OCH3 is 2. The van der Waals surface area contributed by atoms with Crippen molar-refractivity contribution in [1.29, 1.82) is 0 Å². The van der Waals surface area contributed by atoms with Crippen molar-refractivity contribution in [3.8, 4) is 23.0 Å². The molecule has 1 aliphatic heterocycles. The van der Waals surface area contributed by atoms with Crippen molar-refractivity contribution in [2.24, 2.45) is 5.73 Å². The van der Waals surface area contributed by atoms with Gasteiger partial charge in [0.2, 0.25) is 5.89 Å². The third-order valence-corrected chi connectivity index (χ3v) is 4.39. The standard InChI is InChI=1S/C18H25N3O4/c1-12-16(11-21-6-7-24-14(9-19)10-21)20-18(25-12)15-8-13(22-2)4-5-17(15)23-3/h4-5,8,14H,6-7,9-11,19H2,1-3H3. The van der Waals surface area contributed by atoms with Crippen LogP contribution in [0.15, 0.2) is 22.6 Å². The minimum absolute atomic E-state index is 0.0823. The average Bonchev–Trinajstić information content (AvgIpc) is 3.01.